The van der Waals surface area contributed by atoms with Gasteiger partial charge in [0.2, 0.25) is 0 Å². The maximum atomic E-state index is 3.26. The highest BCUT2D eigenvalue weighted by Crippen LogP contribution is 2.18. The predicted octanol–water partition coefficient (Wildman–Crippen LogP) is 1.93. The molecule has 2 rings (SSSR count). The lowest BCUT2D eigenvalue weighted by Crippen LogP contribution is -2.54. The van der Waals surface area contributed by atoms with E-state index in [0.29, 0.717) is 12.1 Å². The van der Waals surface area contributed by atoms with Gasteiger partial charge in [0.15, 0.2) is 0 Å². The molecule has 1 N–H and O–H groups in total. The summed E-state index contributed by atoms with van der Waals surface area (Å²) >= 11 is 0. The molecule has 1 aliphatic heterocycles. The summed E-state index contributed by atoms with van der Waals surface area (Å²) in [5.74, 6) is 0. The van der Waals surface area contributed by atoms with Crippen LogP contribution in [0.3, 0.4) is 0 Å². The monoisotopic (exact) mass is 261 g/mol. The van der Waals surface area contributed by atoms with Crippen LogP contribution in [0.1, 0.15) is 25.0 Å². The first-order chi connectivity index (χ1) is 9.11. The van der Waals surface area contributed by atoms with Gasteiger partial charge in [0.25, 0.3) is 0 Å². The fraction of sp³-hybridized carbons (Fsp3) is 0.625. The van der Waals surface area contributed by atoms with E-state index in [9.17, 15) is 0 Å². The van der Waals surface area contributed by atoms with Gasteiger partial charge in [0.05, 0.1) is 0 Å². The van der Waals surface area contributed by atoms with Gasteiger partial charge in [-0.2, -0.15) is 0 Å². The molecule has 0 radical (unpaired) electrons. The van der Waals surface area contributed by atoms with Crippen molar-refractivity contribution in [3.8, 4) is 0 Å². The SMILES string of the molecule is CNCc1ccccc1CN1CC(C)N(C)C(C)C1. The van der Waals surface area contributed by atoms with Crippen molar-refractivity contribution in [1.82, 2.24) is 15.1 Å². The fourth-order valence-corrected chi connectivity index (χ4v) is 2.96. The number of nitrogens with one attached hydrogen (secondary N) is 1. The second-order valence-electron chi connectivity index (χ2n) is 5.86. The van der Waals surface area contributed by atoms with Crippen LogP contribution in [-0.4, -0.2) is 49.1 Å². The number of benzene rings is 1. The topological polar surface area (TPSA) is 18.5 Å². The third-order valence-corrected chi connectivity index (χ3v) is 4.31. The van der Waals surface area contributed by atoms with Crippen LogP contribution in [0.4, 0.5) is 0 Å². The maximum Gasteiger partial charge on any atom is 0.0238 e. The predicted molar refractivity (Wildman–Crippen MR) is 81.2 cm³/mol. The standard InChI is InChI=1S/C16H27N3/c1-13-10-19(11-14(2)18(13)4)12-16-8-6-5-7-15(16)9-17-3/h5-8,13-14,17H,9-12H2,1-4H3. The third-order valence-electron chi connectivity index (χ3n) is 4.31. The van der Waals surface area contributed by atoms with E-state index >= 15 is 0 Å². The summed E-state index contributed by atoms with van der Waals surface area (Å²) in [6.07, 6.45) is 0. The summed E-state index contributed by atoms with van der Waals surface area (Å²) in [5.41, 5.74) is 2.88. The summed E-state index contributed by atoms with van der Waals surface area (Å²) < 4.78 is 0. The molecule has 2 atom stereocenters. The van der Waals surface area contributed by atoms with Gasteiger partial charge >= 0.3 is 0 Å². The Morgan fingerprint density at radius 3 is 2.26 bits per heavy atom. The summed E-state index contributed by atoms with van der Waals surface area (Å²) in [7, 11) is 4.25. The Bertz CT molecular complexity index is 393. The molecule has 2 unspecified atom stereocenters. The largest absolute Gasteiger partial charge is 0.316 e. The average molecular weight is 261 g/mol. The van der Waals surface area contributed by atoms with E-state index in [0.717, 1.165) is 26.2 Å². The van der Waals surface area contributed by atoms with E-state index in [2.05, 4.69) is 60.3 Å². The van der Waals surface area contributed by atoms with Crippen LogP contribution in [0.15, 0.2) is 24.3 Å². The lowest BCUT2D eigenvalue weighted by molar-refractivity contribution is 0.0555. The van der Waals surface area contributed by atoms with E-state index in [1.807, 2.05) is 7.05 Å². The van der Waals surface area contributed by atoms with Crippen molar-refractivity contribution in [3.63, 3.8) is 0 Å². The molecule has 1 aromatic carbocycles. The quantitative estimate of drug-likeness (QED) is 0.893. The van der Waals surface area contributed by atoms with Crippen LogP contribution in [0.2, 0.25) is 0 Å². The zero-order chi connectivity index (χ0) is 13.8. The van der Waals surface area contributed by atoms with Crippen molar-refractivity contribution in [2.24, 2.45) is 0 Å². The number of piperazine rings is 1. The molecule has 1 fully saturated rings. The molecule has 0 bridgehead atoms. The minimum absolute atomic E-state index is 0.639. The minimum atomic E-state index is 0.639. The molecule has 1 saturated heterocycles. The van der Waals surface area contributed by atoms with Crippen LogP contribution in [0.25, 0.3) is 0 Å². The second kappa shape index (κ2) is 6.51. The molecule has 1 aromatic rings. The van der Waals surface area contributed by atoms with Crippen LogP contribution in [0, 0.1) is 0 Å². The first-order valence-electron chi connectivity index (χ1n) is 7.27. The molecule has 1 heterocycles. The lowest BCUT2D eigenvalue weighted by atomic mass is 10.0. The van der Waals surface area contributed by atoms with E-state index in [1.165, 1.54) is 11.1 Å². The zero-order valence-electron chi connectivity index (χ0n) is 12.7. The fourth-order valence-electron chi connectivity index (χ4n) is 2.96. The Morgan fingerprint density at radius 2 is 1.68 bits per heavy atom. The molecule has 3 heteroatoms. The molecule has 0 aromatic heterocycles. The Hall–Kier alpha value is -0.900. The van der Waals surface area contributed by atoms with Gasteiger partial charge < -0.3 is 5.32 Å². The molecule has 0 spiro atoms. The van der Waals surface area contributed by atoms with Crippen molar-refractivity contribution in [3.05, 3.63) is 35.4 Å². The highest BCUT2D eigenvalue weighted by molar-refractivity contribution is 5.27. The Morgan fingerprint density at radius 1 is 1.11 bits per heavy atom. The smallest absolute Gasteiger partial charge is 0.0238 e. The molecule has 19 heavy (non-hydrogen) atoms. The number of likely N-dealkylation sites (N-methyl/N-ethyl adjacent to an activating group) is 1. The van der Waals surface area contributed by atoms with E-state index < -0.39 is 0 Å². The van der Waals surface area contributed by atoms with E-state index in [4.69, 9.17) is 0 Å². The van der Waals surface area contributed by atoms with Gasteiger partial charge in [-0.15, -0.1) is 0 Å². The van der Waals surface area contributed by atoms with Gasteiger partial charge in [0, 0.05) is 38.3 Å². The number of hydrogen-bond acceptors (Lipinski definition) is 3. The second-order valence-corrected chi connectivity index (χ2v) is 5.86. The highest BCUT2D eigenvalue weighted by Gasteiger charge is 2.26. The first kappa shape index (κ1) is 14.5. The molecular weight excluding hydrogens is 234 g/mol. The average Bonchev–Trinajstić information content (AvgIpc) is 2.38. The van der Waals surface area contributed by atoms with E-state index in [1.54, 1.807) is 0 Å². The van der Waals surface area contributed by atoms with Crippen molar-refractivity contribution in [2.45, 2.75) is 39.0 Å². The Kier molecular flexibility index (Phi) is 4.97. The molecule has 1 aliphatic rings. The van der Waals surface area contributed by atoms with Crippen molar-refractivity contribution >= 4 is 0 Å². The molecule has 0 saturated carbocycles. The minimum Gasteiger partial charge on any atom is -0.316 e. The van der Waals surface area contributed by atoms with Gasteiger partial charge in [-0.3, -0.25) is 9.80 Å². The van der Waals surface area contributed by atoms with Crippen molar-refractivity contribution in [2.75, 3.05) is 27.2 Å². The summed E-state index contributed by atoms with van der Waals surface area (Å²) in [6, 6.07) is 10.1. The van der Waals surface area contributed by atoms with E-state index in [-0.39, 0.29) is 0 Å². The zero-order valence-corrected chi connectivity index (χ0v) is 12.7. The Balaban J connectivity index is 2.05. The van der Waals surface area contributed by atoms with Gasteiger partial charge in [-0.1, -0.05) is 24.3 Å². The van der Waals surface area contributed by atoms with Crippen molar-refractivity contribution < 1.29 is 0 Å². The number of nitrogens with zero attached hydrogens (tertiary/aromatic N) is 2. The molecular formula is C16H27N3. The number of rotatable bonds is 4. The maximum absolute atomic E-state index is 3.26. The van der Waals surface area contributed by atoms with Gasteiger partial charge in [-0.25, -0.2) is 0 Å². The molecule has 0 amide bonds. The van der Waals surface area contributed by atoms with Crippen LogP contribution >= 0.6 is 0 Å². The van der Waals surface area contributed by atoms with Crippen LogP contribution < -0.4 is 5.32 Å². The summed E-state index contributed by atoms with van der Waals surface area (Å²) in [4.78, 5) is 5.07. The first-order valence-corrected chi connectivity index (χ1v) is 7.27. The summed E-state index contributed by atoms with van der Waals surface area (Å²) in [5, 5.41) is 3.26. The Labute approximate surface area is 117 Å². The molecule has 106 valence electrons. The molecule has 0 aliphatic carbocycles. The lowest BCUT2D eigenvalue weighted by Gasteiger charge is -2.42. The van der Waals surface area contributed by atoms with Crippen LogP contribution in [-0.2, 0) is 13.1 Å². The van der Waals surface area contributed by atoms with Crippen LogP contribution in [0.5, 0.6) is 0 Å². The van der Waals surface area contributed by atoms with Gasteiger partial charge in [0.1, 0.15) is 0 Å². The summed E-state index contributed by atoms with van der Waals surface area (Å²) in [6.45, 7) is 8.99. The van der Waals surface area contributed by atoms with Crippen molar-refractivity contribution in [1.29, 1.82) is 0 Å². The third kappa shape index (κ3) is 3.56. The molecule has 3 nitrogen and oxygen atoms in total. The number of hydrogen-bond donors (Lipinski definition) is 1. The van der Waals surface area contributed by atoms with Gasteiger partial charge in [-0.05, 0) is 39.1 Å². The normalized spacial score (nSPS) is 25.7. The highest BCUT2D eigenvalue weighted by atomic mass is 15.3.